The molecular formula is C14H16N2O4. The maximum absolute atomic E-state index is 9.07. The molecule has 4 N–H and O–H groups in total. The van der Waals surface area contributed by atoms with Crippen molar-refractivity contribution in [3.63, 3.8) is 0 Å². The van der Waals surface area contributed by atoms with Gasteiger partial charge in [-0.15, -0.1) is 0 Å². The number of aliphatic hydroxyl groups excluding tert-OH is 2. The first-order chi connectivity index (χ1) is 9.72. The maximum atomic E-state index is 9.07. The van der Waals surface area contributed by atoms with Gasteiger partial charge in [-0.05, 0) is 0 Å². The second-order valence-corrected chi connectivity index (χ2v) is 4.57. The predicted octanol–water partition coefficient (Wildman–Crippen LogP) is 1.55. The molecule has 0 amide bonds. The molecule has 2 heterocycles. The fourth-order valence-corrected chi connectivity index (χ4v) is 2.33. The summed E-state index contributed by atoms with van der Waals surface area (Å²) in [6.45, 7) is 0.758. The lowest BCUT2D eigenvalue weighted by Gasteiger charge is -2.18. The lowest BCUT2D eigenvalue weighted by atomic mass is 10.2. The highest BCUT2D eigenvalue weighted by atomic mass is 16.4. The number of furan rings is 2. The highest BCUT2D eigenvalue weighted by Crippen LogP contribution is 2.34. The van der Waals surface area contributed by atoms with Gasteiger partial charge in [0.05, 0.1) is 13.2 Å². The van der Waals surface area contributed by atoms with Gasteiger partial charge in [0.2, 0.25) is 0 Å². The van der Waals surface area contributed by atoms with Gasteiger partial charge < -0.3 is 29.7 Å². The van der Waals surface area contributed by atoms with E-state index in [2.05, 4.69) is 0 Å². The molecule has 6 heteroatoms. The van der Waals surface area contributed by atoms with Crippen molar-refractivity contribution in [1.29, 1.82) is 0 Å². The van der Waals surface area contributed by atoms with Gasteiger partial charge in [0.1, 0.15) is 0 Å². The van der Waals surface area contributed by atoms with E-state index in [9.17, 15) is 0 Å². The number of aliphatic hydroxyl groups is 2. The molecule has 20 heavy (non-hydrogen) atoms. The average Bonchev–Trinajstić information content (AvgIpc) is 3.00. The van der Waals surface area contributed by atoms with E-state index >= 15 is 0 Å². The maximum Gasteiger partial charge on any atom is 0.197 e. The Bertz CT molecular complexity index is 725. The number of anilines is 2. The first-order valence-corrected chi connectivity index (χ1v) is 6.41. The molecule has 0 bridgehead atoms. The second kappa shape index (κ2) is 5.07. The molecular weight excluding hydrogens is 260 g/mol. The van der Waals surface area contributed by atoms with Crippen LogP contribution in [0.4, 0.5) is 11.8 Å². The zero-order valence-electron chi connectivity index (χ0n) is 10.9. The zero-order valence-corrected chi connectivity index (χ0v) is 10.9. The average molecular weight is 276 g/mol. The summed E-state index contributed by atoms with van der Waals surface area (Å²) in [6, 6.07) is 7.45. The van der Waals surface area contributed by atoms with E-state index in [0.29, 0.717) is 36.0 Å². The van der Waals surface area contributed by atoms with E-state index in [1.54, 1.807) is 11.0 Å². The Hall–Kier alpha value is -2.18. The summed E-state index contributed by atoms with van der Waals surface area (Å²) < 4.78 is 11.3. The van der Waals surface area contributed by atoms with E-state index in [4.69, 9.17) is 24.8 Å². The van der Waals surface area contributed by atoms with E-state index in [-0.39, 0.29) is 13.2 Å². The van der Waals surface area contributed by atoms with Crippen molar-refractivity contribution in [2.75, 3.05) is 36.9 Å². The smallest absolute Gasteiger partial charge is 0.197 e. The van der Waals surface area contributed by atoms with Gasteiger partial charge in [0.15, 0.2) is 22.9 Å². The highest BCUT2D eigenvalue weighted by Gasteiger charge is 2.15. The van der Waals surface area contributed by atoms with Crippen LogP contribution in [0.3, 0.4) is 0 Å². The van der Waals surface area contributed by atoms with Gasteiger partial charge in [-0.25, -0.2) is 0 Å². The Morgan fingerprint density at radius 2 is 1.55 bits per heavy atom. The van der Waals surface area contributed by atoms with Crippen LogP contribution in [0, 0.1) is 0 Å². The van der Waals surface area contributed by atoms with Gasteiger partial charge >= 0.3 is 0 Å². The molecule has 0 saturated heterocycles. The number of benzene rings is 1. The molecule has 0 radical (unpaired) electrons. The van der Waals surface area contributed by atoms with Crippen LogP contribution in [0.5, 0.6) is 0 Å². The summed E-state index contributed by atoms with van der Waals surface area (Å²) in [5.74, 6) is 0.929. The normalized spacial score (nSPS) is 11.5. The van der Waals surface area contributed by atoms with Crippen LogP contribution in [0.15, 0.2) is 33.1 Å². The Morgan fingerprint density at radius 1 is 0.950 bits per heavy atom. The van der Waals surface area contributed by atoms with Crippen LogP contribution < -0.4 is 10.6 Å². The van der Waals surface area contributed by atoms with Gasteiger partial charge in [-0.2, -0.15) is 0 Å². The van der Waals surface area contributed by atoms with Gasteiger partial charge in [-0.3, -0.25) is 0 Å². The summed E-state index contributed by atoms with van der Waals surface area (Å²) >= 11 is 0. The van der Waals surface area contributed by atoms with Gasteiger partial charge in [0, 0.05) is 36.0 Å². The fraction of sp³-hybridized carbons (Fsp3) is 0.286. The molecule has 3 rings (SSSR count). The molecule has 6 nitrogen and oxygen atoms in total. The van der Waals surface area contributed by atoms with Crippen molar-refractivity contribution in [2.24, 2.45) is 0 Å². The molecule has 2 aromatic heterocycles. The number of nitrogens with zero attached hydrogens (tertiary/aromatic N) is 1. The van der Waals surface area contributed by atoms with E-state index in [1.807, 2.05) is 18.2 Å². The van der Waals surface area contributed by atoms with Crippen LogP contribution in [-0.2, 0) is 0 Å². The fourth-order valence-electron chi connectivity index (χ4n) is 2.33. The lowest BCUT2D eigenvalue weighted by molar-refractivity contribution is 0.278. The minimum Gasteiger partial charge on any atom is -0.437 e. The van der Waals surface area contributed by atoms with Crippen molar-refractivity contribution in [3.8, 4) is 0 Å². The predicted molar refractivity (Wildman–Crippen MR) is 76.8 cm³/mol. The van der Waals surface area contributed by atoms with Crippen molar-refractivity contribution < 1.29 is 19.0 Å². The first-order valence-electron chi connectivity index (χ1n) is 6.41. The molecule has 3 aromatic rings. The van der Waals surface area contributed by atoms with E-state index in [1.165, 1.54) is 0 Å². The molecule has 0 saturated carbocycles. The third-order valence-corrected chi connectivity index (χ3v) is 3.23. The second-order valence-electron chi connectivity index (χ2n) is 4.57. The summed E-state index contributed by atoms with van der Waals surface area (Å²) in [5.41, 5.74) is 6.89. The molecule has 0 unspecified atom stereocenters. The number of fused-ring (bicyclic) bond motifs is 3. The highest BCUT2D eigenvalue weighted by molar-refractivity contribution is 6.02. The lowest BCUT2D eigenvalue weighted by Crippen LogP contribution is -2.29. The SMILES string of the molecule is Nc1cc2ccc3cc(N(CCO)CCO)oc3c2o1. The van der Waals surface area contributed by atoms with Crippen LogP contribution in [0.1, 0.15) is 0 Å². The van der Waals surface area contributed by atoms with E-state index in [0.717, 1.165) is 10.8 Å². The first kappa shape index (κ1) is 12.8. The van der Waals surface area contributed by atoms with Gasteiger partial charge in [0.25, 0.3) is 0 Å². The van der Waals surface area contributed by atoms with Crippen LogP contribution in [0.25, 0.3) is 21.9 Å². The Labute approximate surface area is 115 Å². The van der Waals surface area contributed by atoms with Crippen LogP contribution in [-0.4, -0.2) is 36.5 Å². The summed E-state index contributed by atoms with van der Waals surface area (Å²) in [4.78, 5) is 1.78. The standard InChI is InChI=1S/C14H16N2O4/c15-11-7-9-1-2-10-8-12(16(3-5-17)4-6-18)20-14(10)13(9)19-11/h1-2,7-8,17-18H,3-6,15H2. The van der Waals surface area contributed by atoms with Gasteiger partial charge in [-0.1, -0.05) is 12.1 Å². The van der Waals surface area contributed by atoms with Crippen molar-refractivity contribution in [2.45, 2.75) is 0 Å². The zero-order chi connectivity index (χ0) is 14.1. The Kier molecular flexibility index (Phi) is 3.25. The molecule has 106 valence electrons. The van der Waals surface area contributed by atoms with Crippen molar-refractivity contribution in [3.05, 3.63) is 24.3 Å². The topological polar surface area (TPSA) is 96.0 Å². The number of rotatable bonds is 5. The van der Waals surface area contributed by atoms with E-state index < -0.39 is 0 Å². The number of hydrogen-bond acceptors (Lipinski definition) is 6. The summed E-state index contributed by atoms with van der Waals surface area (Å²) in [5, 5.41) is 19.9. The Morgan fingerprint density at radius 3 is 2.20 bits per heavy atom. The molecule has 0 atom stereocenters. The monoisotopic (exact) mass is 276 g/mol. The largest absolute Gasteiger partial charge is 0.437 e. The number of hydrogen-bond donors (Lipinski definition) is 3. The molecule has 0 aliphatic carbocycles. The molecule has 0 fully saturated rings. The summed E-state index contributed by atoms with van der Waals surface area (Å²) in [6.07, 6.45) is 0. The van der Waals surface area contributed by atoms with Crippen molar-refractivity contribution in [1.82, 2.24) is 0 Å². The number of nitrogen functional groups attached to an aromatic ring is 1. The summed E-state index contributed by atoms with van der Waals surface area (Å²) in [7, 11) is 0. The Balaban J connectivity index is 2.11. The third kappa shape index (κ3) is 2.09. The quantitative estimate of drug-likeness (QED) is 0.654. The molecule has 0 aliphatic rings. The van der Waals surface area contributed by atoms with Crippen molar-refractivity contribution >= 4 is 33.7 Å². The van der Waals surface area contributed by atoms with Crippen LogP contribution >= 0.6 is 0 Å². The molecule has 1 aromatic carbocycles. The minimum atomic E-state index is -0.0137. The molecule has 0 aliphatic heterocycles. The van der Waals surface area contributed by atoms with Crippen LogP contribution in [0.2, 0.25) is 0 Å². The minimum absolute atomic E-state index is 0.0137. The number of nitrogens with two attached hydrogens (primary N) is 1. The third-order valence-electron chi connectivity index (χ3n) is 3.23. The molecule has 0 spiro atoms.